The number of amides is 1. The molecule has 0 aliphatic heterocycles. The Morgan fingerprint density at radius 1 is 1.59 bits per heavy atom. The summed E-state index contributed by atoms with van der Waals surface area (Å²) in [6.07, 6.45) is 1.69. The maximum atomic E-state index is 12.0. The molecule has 2 rings (SSSR count). The first-order valence-electron chi connectivity index (χ1n) is 5.28. The minimum atomic E-state index is -0.360. The van der Waals surface area contributed by atoms with Crippen molar-refractivity contribution in [2.75, 3.05) is 14.1 Å². The van der Waals surface area contributed by atoms with Crippen molar-refractivity contribution >= 4 is 29.3 Å². The second kappa shape index (κ2) is 4.29. The number of rotatable bonds is 2. The van der Waals surface area contributed by atoms with Crippen LogP contribution in [0.2, 0.25) is 0 Å². The summed E-state index contributed by atoms with van der Waals surface area (Å²) < 4.78 is 2.26. The van der Waals surface area contributed by atoms with Crippen LogP contribution in [0.5, 0.6) is 0 Å². The number of nitrogens with one attached hydrogen (secondary N) is 1. The van der Waals surface area contributed by atoms with Crippen LogP contribution in [0.3, 0.4) is 0 Å². The first-order valence-corrected chi connectivity index (χ1v) is 5.69. The Balaban J connectivity index is 2.59. The van der Waals surface area contributed by atoms with E-state index >= 15 is 0 Å². The average molecular weight is 250 g/mol. The predicted octanol–water partition coefficient (Wildman–Crippen LogP) is 1.74. The van der Waals surface area contributed by atoms with E-state index in [9.17, 15) is 4.79 Å². The predicted molar refractivity (Wildman–Crippen MR) is 68.3 cm³/mol. The molecular formula is C11H14N4OS. The van der Waals surface area contributed by atoms with Gasteiger partial charge in [0.05, 0.1) is 5.52 Å². The molecule has 0 aromatic carbocycles. The number of fused-ring (bicyclic) bond motifs is 1. The van der Waals surface area contributed by atoms with E-state index in [0.29, 0.717) is 10.4 Å². The van der Waals surface area contributed by atoms with Gasteiger partial charge in [-0.05, 0) is 31.3 Å². The molecule has 2 aromatic heterocycles. The van der Waals surface area contributed by atoms with Crippen molar-refractivity contribution in [2.45, 2.75) is 13.0 Å². The molecule has 2 aromatic rings. The van der Waals surface area contributed by atoms with Gasteiger partial charge in [-0.25, -0.2) is 4.98 Å². The van der Waals surface area contributed by atoms with Gasteiger partial charge in [0, 0.05) is 20.3 Å². The van der Waals surface area contributed by atoms with Gasteiger partial charge in [-0.1, -0.05) is 0 Å². The number of carbonyl (C=O) groups excluding carboxylic acids is 1. The Labute approximate surface area is 104 Å². The summed E-state index contributed by atoms with van der Waals surface area (Å²) in [5.41, 5.74) is 1.55. The van der Waals surface area contributed by atoms with Crippen LogP contribution in [0.25, 0.3) is 11.2 Å². The van der Waals surface area contributed by atoms with E-state index in [2.05, 4.69) is 9.97 Å². The van der Waals surface area contributed by atoms with Crippen LogP contribution in [0.4, 0.5) is 0 Å². The third-order valence-electron chi connectivity index (χ3n) is 2.66. The zero-order chi connectivity index (χ0) is 12.6. The average Bonchev–Trinajstić information content (AvgIpc) is 2.62. The number of aromatic nitrogens is 3. The number of carbonyl (C=O) groups is 1. The second-order valence-electron chi connectivity index (χ2n) is 4.08. The van der Waals surface area contributed by atoms with Gasteiger partial charge in [-0.2, -0.15) is 0 Å². The fourth-order valence-corrected chi connectivity index (χ4v) is 2.16. The van der Waals surface area contributed by atoms with Crippen molar-refractivity contribution in [2.24, 2.45) is 0 Å². The highest BCUT2D eigenvalue weighted by Crippen LogP contribution is 2.17. The van der Waals surface area contributed by atoms with Crippen molar-refractivity contribution in [1.29, 1.82) is 0 Å². The van der Waals surface area contributed by atoms with Crippen molar-refractivity contribution in [3.05, 3.63) is 23.1 Å². The minimum absolute atomic E-state index is 0.00680. The highest BCUT2D eigenvalue weighted by atomic mass is 32.1. The van der Waals surface area contributed by atoms with Crippen molar-refractivity contribution in [3.63, 3.8) is 0 Å². The molecule has 1 unspecified atom stereocenters. The molecule has 1 atom stereocenters. The van der Waals surface area contributed by atoms with Gasteiger partial charge in [0.1, 0.15) is 6.04 Å². The molecule has 0 bridgehead atoms. The Morgan fingerprint density at radius 3 is 2.94 bits per heavy atom. The summed E-state index contributed by atoms with van der Waals surface area (Å²) in [5.74, 6) is -0.00680. The lowest BCUT2D eigenvalue weighted by molar-refractivity contribution is -0.131. The summed E-state index contributed by atoms with van der Waals surface area (Å²) in [7, 11) is 3.45. The Kier molecular flexibility index (Phi) is 2.97. The lowest BCUT2D eigenvalue weighted by atomic mass is 10.3. The second-order valence-corrected chi connectivity index (χ2v) is 4.47. The molecule has 0 saturated heterocycles. The normalized spacial score (nSPS) is 12.6. The van der Waals surface area contributed by atoms with Crippen molar-refractivity contribution < 1.29 is 4.79 Å². The molecule has 0 saturated carbocycles. The third-order valence-corrected chi connectivity index (χ3v) is 2.96. The lowest BCUT2D eigenvalue weighted by Crippen LogP contribution is -2.30. The number of pyridine rings is 1. The van der Waals surface area contributed by atoms with Gasteiger partial charge in [0.2, 0.25) is 5.91 Å². The molecule has 0 fully saturated rings. The standard InChI is InChI=1S/C11H14N4OS/c1-7(10(16)14(2)3)15-9-8(13-11(15)17)5-4-6-12-9/h4-7H,1-3H3,(H,13,17). The smallest absolute Gasteiger partial charge is 0.244 e. The zero-order valence-corrected chi connectivity index (χ0v) is 10.8. The summed E-state index contributed by atoms with van der Waals surface area (Å²) in [6, 6.07) is 3.36. The Morgan fingerprint density at radius 2 is 2.29 bits per heavy atom. The van der Waals surface area contributed by atoms with Crippen LogP contribution in [0.15, 0.2) is 18.3 Å². The van der Waals surface area contributed by atoms with Gasteiger partial charge in [0.15, 0.2) is 10.4 Å². The first kappa shape index (κ1) is 11.8. The summed E-state index contributed by atoms with van der Waals surface area (Å²) in [5, 5.41) is 0. The zero-order valence-electron chi connectivity index (χ0n) is 9.97. The molecule has 17 heavy (non-hydrogen) atoms. The van der Waals surface area contributed by atoms with Crippen LogP contribution >= 0.6 is 12.2 Å². The van der Waals surface area contributed by atoms with E-state index in [1.165, 1.54) is 0 Å². The number of likely N-dealkylation sites (N-methyl/N-ethyl adjacent to an activating group) is 1. The fraction of sp³-hybridized carbons (Fsp3) is 0.364. The fourth-order valence-electron chi connectivity index (χ4n) is 1.80. The summed E-state index contributed by atoms with van der Waals surface area (Å²) >= 11 is 5.23. The van der Waals surface area contributed by atoms with Crippen LogP contribution in [-0.2, 0) is 4.79 Å². The quantitative estimate of drug-likeness (QED) is 0.826. The largest absolute Gasteiger partial charge is 0.347 e. The number of nitrogens with zero attached hydrogens (tertiary/aromatic N) is 3. The molecule has 6 heteroatoms. The number of aromatic amines is 1. The monoisotopic (exact) mass is 250 g/mol. The van der Waals surface area contributed by atoms with Gasteiger partial charge >= 0.3 is 0 Å². The first-order chi connectivity index (χ1) is 8.02. The number of imidazole rings is 1. The van der Waals surface area contributed by atoms with Crippen LogP contribution in [0, 0.1) is 4.77 Å². The molecular weight excluding hydrogens is 236 g/mol. The van der Waals surface area contributed by atoms with Crippen LogP contribution in [0.1, 0.15) is 13.0 Å². The van der Waals surface area contributed by atoms with E-state index in [4.69, 9.17) is 12.2 Å². The summed E-state index contributed by atoms with van der Waals surface area (Å²) in [6.45, 7) is 1.82. The van der Waals surface area contributed by atoms with Gasteiger partial charge < -0.3 is 9.88 Å². The SMILES string of the molecule is CC(C(=O)N(C)C)n1c(=S)[nH]c2cccnc21. The maximum Gasteiger partial charge on any atom is 0.244 e. The molecule has 2 heterocycles. The van der Waals surface area contributed by atoms with E-state index in [1.54, 1.807) is 29.8 Å². The number of hydrogen-bond donors (Lipinski definition) is 1. The summed E-state index contributed by atoms with van der Waals surface area (Å²) in [4.78, 5) is 20.8. The van der Waals surface area contributed by atoms with Gasteiger partial charge in [-0.15, -0.1) is 0 Å². The van der Waals surface area contributed by atoms with E-state index in [0.717, 1.165) is 5.52 Å². The molecule has 1 amide bonds. The van der Waals surface area contributed by atoms with Crippen LogP contribution < -0.4 is 0 Å². The number of H-pyrrole nitrogens is 1. The van der Waals surface area contributed by atoms with Gasteiger partial charge in [-0.3, -0.25) is 9.36 Å². The molecule has 1 N–H and O–H groups in total. The molecule has 90 valence electrons. The van der Waals surface area contributed by atoms with Gasteiger partial charge in [0.25, 0.3) is 0 Å². The molecule has 0 spiro atoms. The molecule has 0 aliphatic rings. The molecule has 5 nitrogen and oxygen atoms in total. The highest BCUT2D eigenvalue weighted by Gasteiger charge is 2.20. The van der Waals surface area contributed by atoms with E-state index < -0.39 is 0 Å². The maximum absolute atomic E-state index is 12.0. The van der Waals surface area contributed by atoms with Crippen molar-refractivity contribution in [3.8, 4) is 0 Å². The lowest BCUT2D eigenvalue weighted by Gasteiger charge is -2.18. The van der Waals surface area contributed by atoms with E-state index in [1.807, 2.05) is 19.1 Å². The highest BCUT2D eigenvalue weighted by molar-refractivity contribution is 7.71. The topological polar surface area (TPSA) is 53.9 Å². The third kappa shape index (κ3) is 1.95. The Hall–Kier alpha value is -1.69. The van der Waals surface area contributed by atoms with E-state index in [-0.39, 0.29) is 11.9 Å². The Bertz CT molecular complexity index is 613. The van der Waals surface area contributed by atoms with Crippen LogP contribution in [-0.4, -0.2) is 39.4 Å². The minimum Gasteiger partial charge on any atom is -0.347 e. The molecule has 0 aliphatic carbocycles. The number of hydrogen-bond acceptors (Lipinski definition) is 3. The molecule has 0 radical (unpaired) electrons. The van der Waals surface area contributed by atoms with Crippen molar-refractivity contribution in [1.82, 2.24) is 19.4 Å².